The Morgan fingerprint density at radius 3 is 2.52 bits per heavy atom. The number of nitrogens with zero attached hydrogens (tertiary/aromatic N) is 5. The minimum atomic E-state index is -0.582. The number of pyridine rings is 3. The van der Waals surface area contributed by atoms with Crippen molar-refractivity contribution < 1.29 is 9.13 Å². The summed E-state index contributed by atoms with van der Waals surface area (Å²) in [7, 11) is 0. The van der Waals surface area contributed by atoms with Crippen molar-refractivity contribution >= 4 is 22.8 Å². The monoisotopic (exact) mass is 393 g/mol. The summed E-state index contributed by atoms with van der Waals surface area (Å²) in [5.74, 6) is 1.10. The highest BCUT2D eigenvalue weighted by molar-refractivity contribution is 5.77. The van der Waals surface area contributed by atoms with E-state index in [9.17, 15) is 4.39 Å². The molecule has 4 heterocycles. The molecule has 8 nitrogen and oxygen atoms in total. The number of anilines is 2. The van der Waals surface area contributed by atoms with Crippen molar-refractivity contribution in [3.63, 3.8) is 0 Å². The van der Waals surface area contributed by atoms with Crippen LogP contribution in [0.3, 0.4) is 0 Å². The highest BCUT2D eigenvalue weighted by Gasteiger charge is 2.15. The standard InChI is InChI=1S/C20H20FN7O/c1-11(29-19-5-3-4-16(21)26-19)10-28-12(2)24-15-7-6-14(25-20(15)28)13-8-17(22)27-18(23)9-13/h3-9,11H,10H2,1-2H3,(H4,22,23,27). The number of halogens is 1. The summed E-state index contributed by atoms with van der Waals surface area (Å²) in [4.78, 5) is 17.0. The highest BCUT2D eigenvalue weighted by Crippen LogP contribution is 2.24. The summed E-state index contributed by atoms with van der Waals surface area (Å²) in [6, 6.07) is 11.7. The zero-order valence-corrected chi connectivity index (χ0v) is 16.0. The fourth-order valence-electron chi connectivity index (χ4n) is 3.17. The molecule has 148 valence electrons. The third-order valence-corrected chi connectivity index (χ3v) is 4.39. The van der Waals surface area contributed by atoms with E-state index in [0.717, 1.165) is 16.9 Å². The Kier molecular flexibility index (Phi) is 4.71. The maximum atomic E-state index is 13.3. The number of fused-ring (bicyclic) bond motifs is 1. The first-order valence-corrected chi connectivity index (χ1v) is 9.05. The number of aromatic nitrogens is 5. The molecule has 4 N–H and O–H groups in total. The van der Waals surface area contributed by atoms with Crippen LogP contribution < -0.4 is 16.2 Å². The van der Waals surface area contributed by atoms with Gasteiger partial charge in [-0.3, -0.25) is 0 Å². The minimum Gasteiger partial charge on any atom is -0.473 e. The molecule has 4 rings (SSSR count). The van der Waals surface area contributed by atoms with Crippen molar-refractivity contribution in [1.29, 1.82) is 0 Å². The first kappa shape index (κ1) is 18.6. The molecule has 0 spiro atoms. The van der Waals surface area contributed by atoms with Crippen molar-refractivity contribution in [3.05, 3.63) is 54.2 Å². The number of nitrogens with two attached hydrogens (primary N) is 2. The quantitative estimate of drug-likeness (QED) is 0.501. The molecule has 0 fully saturated rings. The van der Waals surface area contributed by atoms with Gasteiger partial charge in [0.25, 0.3) is 0 Å². The maximum Gasteiger partial charge on any atom is 0.216 e. The predicted octanol–water partition coefficient (Wildman–Crippen LogP) is 2.97. The van der Waals surface area contributed by atoms with Crippen molar-refractivity contribution in [1.82, 2.24) is 24.5 Å². The molecule has 1 unspecified atom stereocenters. The second-order valence-corrected chi connectivity index (χ2v) is 6.74. The van der Waals surface area contributed by atoms with E-state index in [0.29, 0.717) is 29.5 Å². The van der Waals surface area contributed by atoms with E-state index in [1.54, 1.807) is 24.3 Å². The summed E-state index contributed by atoms with van der Waals surface area (Å²) in [6.07, 6.45) is -0.280. The summed E-state index contributed by atoms with van der Waals surface area (Å²) in [5, 5.41) is 0. The van der Waals surface area contributed by atoms with E-state index in [-0.39, 0.29) is 12.0 Å². The minimum absolute atomic E-state index is 0.232. The van der Waals surface area contributed by atoms with Gasteiger partial charge in [-0.1, -0.05) is 6.07 Å². The van der Waals surface area contributed by atoms with Crippen molar-refractivity contribution in [2.24, 2.45) is 0 Å². The molecule has 0 amide bonds. The van der Waals surface area contributed by atoms with E-state index >= 15 is 0 Å². The largest absolute Gasteiger partial charge is 0.473 e. The number of nitrogen functional groups attached to an aromatic ring is 2. The molecular weight excluding hydrogens is 373 g/mol. The zero-order chi connectivity index (χ0) is 20.5. The van der Waals surface area contributed by atoms with Gasteiger partial charge in [0, 0.05) is 11.6 Å². The zero-order valence-electron chi connectivity index (χ0n) is 16.0. The maximum absolute atomic E-state index is 13.3. The van der Waals surface area contributed by atoms with Gasteiger partial charge in [-0.05, 0) is 44.2 Å². The normalized spacial score (nSPS) is 12.2. The molecule has 0 aliphatic carbocycles. The first-order valence-electron chi connectivity index (χ1n) is 9.05. The second kappa shape index (κ2) is 7.34. The van der Waals surface area contributed by atoms with Gasteiger partial charge >= 0.3 is 0 Å². The molecule has 4 aromatic rings. The predicted molar refractivity (Wildman–Crippen MR) is 109 cm³/mol. The van der Waals surface area contributed by atoms with Gasteiger partial charge in [0.05, 0.1) is 12.2 Å². The average Bonchev–Trinajstić information content (AvgIpc) is 2.95. The third kappa shape index (κ3) is 3.93. The lowest BCUT2D eigenvalue weighted by atomic mass is 10.1. The summed E-state index contributed by atoms with van der Waals surface area (Å²) in [5.41, 5.74) is 14.6. The summed E-state index contributed by atoms with van der Waals surface area (Å²) in [6.45, 7) is 4.25. The lowest BCUT2D eigenvalue weighted by molar-refractivity contribution is 0.190. The molecule has 0 bridgehead atoms. The van der Waals surface area contributed by atoms with Crippen LogP contribution in [0.1, 0.15) is 12.7 Å². The fourth-order valence-corrected chi connectivity index (χ4v) is 3.17. The van der Waals surface area contributed by atoms with Gasteiger partial charge in [-0.25, -0.2) is 15.0 Å². The van der Waals surface area contributed by atoms with Gasteiger partial charge in [-0.2, -0.15) is 9.37 Å². The van der Waals surface area contributed by atoms with Crippen LogP contribution in [0.25, 0.3) is 22.4 Å². The van der Waals surface area contributed by atoms with Crippen molar-refractivity contribution in [2.45, 2.75) is 26.5 Å². The topological polar surface area (TPSA) is 118 Å². The van der Waals surface area contributed by atoms with Crippen LogP contribution in [0, 0.1) is 12.9 Å². The van der Waals surface area contributed by atoms with E-state index in [2.05, 4.69) is 15.0 Å². The van der Waals surface area contributed by atoms with Crippen LogP contribution in [-0.2, 0) is 6.54 Å². The Bertz CT molecular complexity index is 1170. The van der Waals surface area contributed by atoms with E-state index in [4.69, 9.17) is 21.2 Å². The Hall–Kier alpha value is -3.75. The van der Waals surface area contributed by atoms with Crippen molar-refractivity contribution in [3.8, 4) is 17.1 Å². The summed E-state index contributed by atoms with van der Waals surface area (Å²) >= 11 is 0. The van der Waals surface area contributed by atoms with E-state index < -0.39 is 5.95 Å². The molecule has 0 saturated heterocycles. The number of rotatable bonds is 5. The molecule has 4 aromatic heterocycles. The van der Waals surface area contributed by atoms with Crippen molar-refractivity contribution in [2.75, 3.05) is 11.5 Å². The second-order valence-electron chi connectivity index (χ2n) is 6.74. The highest BCUT2D eigenvalue weighted by atomic mass is 19.1. The molecule has 9 heteroatoms. The van der Waals surface area contributed by atoms with Gasteiger partial charge in [0.15, 0.2) is 5.65 Å². The fraction of sp³-hybridized carbons (Fsp3) is 0.200. The van der Waals surface area contributed by atoms with Gasteiger partial charge in [0.1, 0.15) is 29.1 Å². The van der Waals surface area contributed by atoms with Crippen LogP contribution in [-0.4, -0.2) is 30.6 Å². The Morgan fingerprint density at radius 1 is 1.03 bits per heavy atom. The van der Waals surface area contributed by atoms with Gasteiger partial charge in [-0.15, -0.1) is 0 Å². The van der Waals surface area contributed by atoms with Crippen LogP contribution in [0.4, 0.5) is 16.0 Å². The number of imidazole rings is 1. The molecule has 0 aromatic carbocycles. The summed E-state index contributed by atoms with van der Waals surface area (Å²) < 4.78 is 21.0. The number of hydrogen-bond donors (Lipinski definition) is 2. The van der Waals surface area contributed by atoms with Gasteiger partial charge in [0.2, 0.25) is 11.8 Å². The lowest BCUT2D eigenvalue weighted by Gasteiger charge is -2.16. The number of aryl methyl sites for hydroxylation is 1. The average molecular weight is 393 g/mol. The molecule has 0 aliphatic heterocycles. The van der Waals surface area contributed by atoms with Crippen LogP contribution in [0.5, 0.6) is 5.88 Å². The smallest absolute Gasteiger partial charge is 0.216 e. The number of ether oxygens (including phenoxy) is 1. The van der Waals surface area contributed by atoms with E-state index in [1.165, 1.54) is 6.07 Å². The van der Waals surface area contributed by atoms with Crippen LogP contribution in [0.15, 0.2) is 42.5 Å². The van der Waals surface area contributed by atoms with Crippen LogP contribution >= 0.6 is 0 Å². The lowest BCUT2D eigenvalue weighted by Crippen LogP contribution is -2.21. The molecule has 0 radical (unpaired) electrons. The number of hydrogen-bond acceptors (Lipinski definition) is 7. The SMILES string of the molecule is Cc1nc2ccc(-c3cc(N)nc(N)c3)nc2n1CC(C)Oc1cccc(F)n1. The first-order chi connectivity index (χ1) is 13.9. The Morgan fingerprint density at radius 2 is 1.79 bits per heavy atom. The molecule has 1 atom stereocenters. The molecule has 0 aliphatic rings. The Labute approximate surface area is 166 Å². The van der Waals surface area contributed by atoms with Crippen LogP contribution in [0.2, 0.25) is 0 Å². The van der Waals surface area contributed by atoms with Gasteiger partial charge < -0.3 is 20.8 Å². The Balaban J connectivity index is 1.66. The third-order valence-electron chi connectivity index (χ3n) is 4.39. The molecule has 0 saturated carbocycles. The molecule has 29 heavy (non-hydrogen) atoms. The molecular formula is C20H20FN7O. The van der Waals surface area contributed by atoms with E-state index in [1.807, 2.05) is 30.5 Å².